The number of rotatable bonds is 4. The lowest BCUT2D eigenvalue weighted by molar-refractivity contribution is 0.0443. The van der Waals surface area contributed by atoms with E-state index in [1.165, 1.54) is 14.2 Å². The molecule has 0 saturated carbocycles. The van der Waals surface area contributed by atoms with Crippen LogP contribution in [-0.2, 0) is 9.47 Å². The summed E-state index contributed by atoms with van der Waals surface area (Å²) >= 11 is 0. The maximum Gasteiger partial charge on any atom is 0.341 e. The average Bonchev–Trinajstić information content (AvgIpc) is 2.83. The number of methoxy groups -OCH3 is 2. The third-order valence-corrected chi connectivity index (χ3v) is 2.22. The molecule has 0 radical (unpaired) electrons. The van der Waals surface area contributed by atoms with Crippen molar-refractivity contribution < 1.29 is 28.5 Å². The summed E-state index contributed by atoms with van der Waals surface area (Å²) in [6.45, 7) is 0.104. The van der Waals surface area contributed by atoms with E-state index in [0.29, 0.717) is 11.5 Å². The molecule has 1 aromatic carbocycles. The van der Waals surface area contributed by atoms with Crippen LogP contribution in [0.15, 0.2) is 12.1 Å². The third kappa shape index (κ3) is 2.12. The van der Waals surface area contributed by atoms with Crippen molar-refractivity contribution in [1.82, 2.24) is 0 Å². The zero-order valence-electron chi connectivity index (χ0n) is 9.52. The number of fused-ring (bicyclic) bond motifs is 1. The van der Waals surface area contributed by atoms with Gasteiger partial charge >= 0.3 is 5.97 Å². The van der Waals surface area contributed by atoms with Gasteiger partial charge in [0.1, 0.15) is 5.56 Å². The Hall–Kier alpha value is -1.95. The average molecular weight is 240 g/mol. The van der Waals surface area contributed by atoms with Crippen molar-refractivity contribution in [3.8, 4) is 17.2 Å². The lowest BCUT2D eigenvalue weighted by Gasteiger charge is -2.11. The molecule has 1 aromatic rings. The standard InChI is InChI=1S/C11H12O6/c1-13-5-16-9-7(11(12)14-2)3-4-8-10(9)17-6-15-8/h3-4H,5-6H2,1-2H3. The van der Waals surface area contributed by atoms with Crippen molar-refractivity contribution in [3.63, 3.8) is 0 Å². The maximum absolute atomic E-state index is 11.6. The van der Waals surface area contributed by atoms with Crippen LogP contribution in [0.1, 0.15) is 10.4 Å². The first-order valence-corrected chi connectivity index (χ1v) is 4.90. The Morgan fingerprint density at radius 1 is 1.35 bits per heavy atom. The topological polar surface area (TPSA) is 63.2 Å². The Balaban J connectivity index is 2.41. The zero-order valence-corrected chi connectivity index (χ0v) is 9.52. The number of benzene rings is 1. The first kappa shape index (κ1) is 11.5. The van der Waals surface area contributed by atoms with Crippen LogP contribution in [0.25, 0.3) is 0 Å². The van der Waals surface area contributed by atoms with Crippen LogP contribution >= 0.6 is 0 Å². The molecule has 0 spiro atoms. The second-order valence-corrected chi connectivity index (χ2v) is 3.22. The highest BCUT2D eigenvalue weighted by Gasteiger charge is 2.25. The molecule has 0 aromatic heterocycles. The Bertz CT molecular complexity index is 428. The van der Waals surface area contributed by atoms with Gasteiger partial charge in [0.2, 0.25) is 12.5 Å². The van der Waals surface area contributed by atoms with Crippen LogP contribution in [0, 0.1) is 0 Å². The number of carbonyl (C=O) groups excluding carboxylic acids is 1. The summed E-state index contributed by atoms with van der Waals surface area (Å²) < 4.78 is 25.2. The highest BCUT2D eigenvalue weighted by Crippen LogP contribution is 2.43. The molecule has 6 nitrogen and oxygen atoms in total. The van der Waals surface area contributed by atoms with E-state index in [4.69, 9.17) is 18.9 Å². The molecule has 0 aliphatic carbocycles. The summed E-state index contributed by atoms with van der Waals surface area (Å²) in [5.74, 6) is 0.691. The van der Waals surface area contributed by atoms with Gasteiger partial charge in [0.25, 0.3) is 0 Å². The molecule has 2 rings (SSSR count). The van der Waals surface area contributed by atoms with E-state index in [1.807, 2.05) is 0 Å². The van der Waals surface area contributed by atoms with Gasteiger partial charge in [-0.1, -0.05) is 0 Å². The molecule has 0 fully saturated rings. The van der Waals surface area contributed by atoms with E-state index in [9.17, 15) is 4.79 Å². The van der Waals surface area contributed by atoms with E-state index in [0.717, 1.165) is 0 Å². The fraction of sp³-hybridized carbons (Fsp3) is 0.364. The molecule has 0 bridgehead atoms. The highest BCUT2D eigenvalue weighted by atomic mass is 16.7. The largest absolute Gasteiger partial charge is 0.465 e. The monoisotopic (exact) mass is 240 g/mol. The van der Waals surface area contributed by atoms with Crippen molar-refractivity contribution >= 4 is 5.97 Å². The van der Waals surface area contributed by atoms with Gasteiger partial charge in [0.05, 0.1) is 7.11 Å². The van der Waals surface area contributed by atoms with Gasteiger partial charge in [-0.25, -0.2) is 4.79 Å². The number of esters is 1. The highest BCUT2D eigenvalue weighted by molar-refractivity contribution is 5.94. The van der Waals surface area contributed by atoms with Crippen LogP contribution in [0.4, 0.5) is 0 Å². The molecule has 1 aliphatic rings. The molecular formula is C11H12O6. The van der Waals surface area contributed by atoms with Gasteiger partial charge in [-0.05, 0) is 12.1 Å². The molecular weight excluding hydrogens is 228 g/mol. The van der Waals surface area contributed by atoms with Crippen molar-refractivity contribution in [2.24, 2.45) is 0 Å². The van der Waals surface area contributed by atoms with Gasteiger partial charge < -0.3 is 23.7 Å². The molecule has 6 heteroatoms. The van der Waals surface area contributed by atoms with E-state index in [1.54, 1.807) is 12.1 Å². The molecule has 1 heterocycles. The minimum absolute atomic E-state index is 0.00378. The Morgan fingerprint density at radius 3 is 2.88 bits per heavy atom. The first-order chi connectivity index (χ1) is 8.27. The van der Waals surface area contributed by atoms with Gasteiger partial charge in [-0.15, -0.1) is 0 Å². The van der Waals surface area contributed by atoms with Crippen molar-refractivity contribution in [1.29, 1.82) is 0 Å². The fourth-order valence-corrected chi connectivity index (χ4v) is 1.48. The van der Waals surface area contributed by atoms with E-state index < -0.39 is 5.97 Å². The second kappa shape index (κ2) is 4.92. The van der Waals surface area contributed by atoms with Crippen LogP contribution in [0.3, 0.4) is 0 Å². The van der Waals surface area contributed by atoms with Crippen LogP contribution in [-0.4, -0.2) is 33.8 Å². The Labute approximate surface area is 98.0 Å². The van der Waals surface area contributed by atoms with Gasteiger partial charge in [-0.3, -0.25) is 0 Å². The lowest BCUT2D eigenvalue weighted by atomic mass is 10.1. The normalized spacial score (nSPS) is 12.4. The Morgan fingerprint density at radius 2 is 2.18 bits per heavy atom. The summed E-state index contributed by atoms with van der Waals surface area (Å²) in [6.07, 6.45) is 0. The van der Waals surface area contributed by atoms with Crippen molar-refractivity contribution in [3.05, 3.63) is 17.7 Å². The molecule has 0 amide bonds. The summed E-state index contributed by atoms with van der Waals surface area (Å²) in [5.41, 5.74) is 0.272. The van der Waals surface area contributed by atoms with E-state index in [-0.39, 0.29) is 24.9 Å². The van der Waals surface area contributed by atoms with Crippen molar-refractivity contribution in [2.75, 3.05) is 27.8 Å². The molecule has 92 valence electrons. The van der Waals surface area contributed by atoms with E-state index in [2.05, 4.69) is 4.74 Å². The zero-order chi connectivity index (χ0) is 12.3. The number of ether oxygens (including phenoxy) is 5. The number of hydrogen-bond acceptors (Lipinski definition) is 6. The molecule has 0 unspecified atom stereocenters. The number of hydrogen-bond donors (Lipinski definition) is 0. The van der Waals surface area contributed by atoms with Crippen LogP contribution < -0.4 is 14.2 Å². The summed E-state index contributed by atoms with van der Waals surface area (Å²) in [5, 5.41) is 0. The second-order valence-electron chi connectivity index (χ2n) is 3.22. The van der Waals surface area contributed by atoms with E-state index >= 15 is 0 Å². The van der Waals surface area contributed by atoms with Gasteiger partial charge in [0, 0.05) is 7.11 Å². The van der Waals surface area contributed by atoms with Crippen molar-refractivity contribution in [2.45, 2.75) is 0 Å². The molecule has 17 heavy (non-hydrogen) atoms. The third-order valence-electron chi connectivity index (χ3n) is 2.22. The van der Waals surface area contributed by atoms with Crippen LogP contribution in [0.2, 0.25) is 0 Å². The minimum Gasteiger partial charge on any atom is -0.465 e. The van der Waals surface area contributed by atoms with Gasteiger partial charge in [-0.2, -0.15) is 0 Å². The van der Waals surface area contributed by atoms with Gasteiger partial charge in [0.15, 0.2) is 18.3 Å². The predicted molar refractivity (Wildman–Crippen MR) is 56.4 cm³/mol. The molecule has 0 atom stereocenters. The Kier molecular flexibility index (Phi) is 3.34. The summed E-state index contributed by atoms with van der Waals surface area (Å²) in [7, 11) is 2.78. The lowest BCUT2D eigenvalue weighted by Crippen LogP contribution is -2.08. The predicted octanol–water partition coefficient (Wildman–Crippen LogP) is 1.18. The maximum atomic E-state index is 11.6. The first-order valence-electron chi connectivity index (χ1n) is 4.90. The molecule has 0 N–H and O–H groups in total. The quantitative estimate of drug-likeness (QED) is 0.581. The summed E-state index contributed by atoms with van der Waals surface area (Å²) in [4.78, 5) is 11.6. The SMILES string of the molecule is COCOc1c(C(=O)OC)ccc2c1OCO2. The molecule has 1 aliphatic heterocycles. The van der Waals surface area contributed by atoms with Crippen LogP contribution in [0.5, 0.6) is 17.2 Å². The smallest absolute Gasteiger partial charge is 0.341 e. The minimum atomic E-state index is -0.505. The summed E-state index contributed by atoms with van der Waals surface area (Å²) in [6, 6.07) is 3.19. The molecule has 0 saturated heterocycles. The number of carbonyl (C=O) groups is 1. The fourth-order valence-electron chi connectivity index (χ4n) is 1.48.